The fraction of sp³-hybridized carbons (Fsp3) is 0.273. The molecule has 6 heteroatoms. The summed E-state index contributed by atoms with van der Waals surface area (Å²) in [7, 11) is 0. The van der Waals surface area contributed by atoms with Crippen molar-refractivity contribution in [1.82, 2.24) is 9.88 Å². The fourth-order valence-electron chi connectivity index (χ4n) is 3.26. The quantitative estimate of drug-likeness (QED) is 0.678. The second kappa shape index (κ2) is 7.76. The van der Waals surface area contributed by atoms with E-state index in [0.717, 1.165) is 35.2 Å². The van der Waals surface area contributed by atoms with Crippen LogP contribution in [0.4, 0.5) is 10.5 Å². The van der Waals surface area contributed by atoms with Crippen molar-refractivity contribution in [2.75, 3.05) is 11.9 Å². The molecule has 1 aliphatic rings. The number of para-hydroxylation sites is 1. The molecule has 0 bridgehead atoms. The van der Waals surface area contributed by atoms with Gasteiger partial charge < -0.3 is 19.9 Å². The van der Waals surface area contributed by atoms with Crippen molar-refractivity contribution in [2.45, 2.75) is 32.4 Å². The third-order valence-corrected chi connectivity index (χ3v) is 4.82. The average molecular weight is 377 g/mol. The lowest BCUT2D eigenvalue weighted by molar-refractivity contribution is 0.206. The van der Waals surface area contributed by atoms with E-state index < -0.39 is 0 Å². The normalized spacial score (nSPS) is 13.3. The Hall–Kier alpha value is -3.28. The largest absolute Gasteiger partial charge is 0.494 e. The number of rotatable bonds is 6. The van der Waals surface area contributed by atoms with Gasteiger partial charge in [-0.15, -0.1) is 0 Å². The summed E-state index contributed by atoms with van der Waals surface area (Å²) >= 11 is 0. The van der Waals surface area contributed by atoms with Crippen molar-refractivity contribution in [1.29, 1.82) is 0 Å². The second-order valence-electron chi connectivity index (χ2n) is 6.96. The van der Waals surface area contributed by atoms with Crippen molar-refractivity contribution in [3.63, 3.8) is 0 Å². The average Bonchev–Trinajstić information content (AvgIpc) is 3.52. The Kier molecular flexibility index (Phi) is 5.02. The Morgan fingerprint density at radius 3 is 2.68 bits per heavy atom. The molecule has 0 unspecified atom stereocenters. The van der Waals surface area contributed by atoms with Crippen LogP contribution in [-0.4, -0.2) is 28.6 Å². The van der Waals surface area contributed by atoms with E-state index >= 15 is 0 Å². The number of fused-ring (bicyclic) bond motifs is 1. The van der Waals surface area contributed by atoms with Crippen LogP contribution in [0.25, 0.3) is 10.9 Å². The zero-order chi connectivity index (χ0) is 19.5. The van der Waals surface area contributed by atoms with E-state index in [4.69, 9.17) is 4.74 Å². The summed E-state index contributed by atoms with van der Waals surface area (Å²) in [6.45, 7) is 2.78. The highest BCUT2D eigenvalue weighted by molar-refractivity contribution is 5.89. The van der Waals surface area contributed by atoms with Gasteiger partial charge in [0.1, 0.15) is 5.75 Å². The molecule has 144 valence electrons. The van der Waals surface area contributed by atoms with Gasteiger partial charge in [0.2, 0.25) is 0 Å². The Balaban J connectivity index is 1.59. The summed E-state index contributed by atoms with van der Waals surface area (Å²) in [6.07, 6.45) is 1.92. The molecule has 3 aromatic rings. The first-order valence-corrected chi connectivity index (χ1v) is 9.55. The highest BCUT2D eigenvalue weighted by Gasteiger charge is 2.33. The first kappa shape index (κ1) is 18.1. The number of nitrogens with one attached hydrogen (secondary N) is 2. The van der Waals surface area contributed by atoms with Crippen LogP contribution < -0.4 is 15.6 Å². The molecule has 2 amide bonds. The molecule has 2 aromatic carbocycles. The molecule has 28 heavy (non-hydrogen) atoms. The van der Waals surface area contributed by atoms with Crippen molar-refractivity contribution in [3.05, 3.63) is 70.5 Å². The number of amides is 2. The van der Waals surface area contributed by atoms with Gasteiger partial charge in [0.15, 0.2) is 0 Å². The lowest BCUT2D eigenvalue weighted by Crippen LogP contribution is -2.37. The molecule has 0 saturated heterocycles. The number of carbonyl (C=O) groups excluding carboxylic acids is 1. The van der Waals surface area contributed by atoms with E-state index in [2.05, 4.69) is 10.3 Å². The standard InChI is InChI=1S/C22H23N3O3/c1-2-28-19-10-11-20-15(13-19)12-16(21(26)24-20)14-25(18-8-9-18)22(27)23-17-6-4-3-5-7-17/h3-7,10-13,18H,2,8-9,14H2,1H3,(H,23,27)(H,24,26). The smallest absolute Gasteiger partial charge is 0.322 e. The van der Waals surface area contributed by atoms with Gasteiger partial charge in [-0.1, -0.05) is 18.2 Å². The molecule has 1 aromatic heterocycles. The third-order valence-electron chi connectivity index (χ3n) is 4.82. The summed E-state index contributed by atoms with van der Waals surface area (Å²) in [4.78, 5) is 30.0. The van der Waals surface area contributed by atoms with Crippen LogP contribution in [0, 0.1) is 0 Å². The number of pyridine rings is 1. The number of anilines is 1. The van der Waals surface area contributed by atoms with Crippen LogP contribution in [0.2, 0.25) is 0 Å². The minimum absolute atomic E-state index is 0.171. The predicted molar refractivity (Wildman–Crippen MR) is 110 cm³/mol. The van der Waals surface area contributed by atoms with Gasteiger partial charge in [-0.2, -0.15) is 0 Å². The highest BCUT2D eigenvalue weighted by Crippen LogP contribution is 2.29. The zero-order valence-electron chi connectivity index (χ0n) is 15.8. The number of hydrogen-bond acceptors (Lipinski definition) is 3. The fourth-order valence-corrected chi connectivity index (χ4v) is 3.26. The summed E-state index contributed by atoms with van der Waals surface area (Å²) in [5.41, 5.74) is 1.89. The first-order valence-electron chi connectivity index (χ1n) is 9.55. The van der Waals surface area contributed by atoms with E-state index in [1.165, 1.54) is 0 Å². The number of hydrogen-bond donors (Lipinski definition) is 2. The molecule has 1 fully saturated rings. The molecule has 0 aliphatic heterocycles. The van der Waals surface area contributed by atoms with Crippen LogP contribution >= 0.6 is 0 Å². The number of aromatic nitrogens is 1. The minimum Gasteiger partial charge on any atom is -0.494 e. The highest BCUT2D eigenvalue weighted by atomic mass is 16.5. The van der Waals surface area contributed by atoms with Gasteiger partial charge in [0.25, 0.3) is 5.56 Å². The molecular weight excluding hydrogens is 354 g/mol. The van der Waals surface area contributed by atoms with Gasteiger partial charge >= 0.3 is 6.03 Å². The van der Waals surface area contributed by atoms with Crippen molar-refractivity contribution < 1.29 is 9.53 Å². The minimum atomic E-state index is -0.184. The maximum atomic E-state index is 12.8. The zero-order valence-corrected chi connectivity index (χ0v) is 15.8. The van der Waals surface area contributed by atoms with E-state index in [0.29, 0.717) is 12.2 Å². The van der Waals surface area contributed by atoms with Crippen LogP contribution in [0.5, 0.6) is 5.75 Å². The van der Waals surface area contributed by atoms with E-state index in [1.54, 1.807) is 4.90 Å². The van der Waals surface area contributed by atoms with Crippen LogP contribution in [0.1, 0.15) is 25.3 Å². The Morgan fingerprint density at radius 1 is 1.18 bits per heavy atom. The van der Waals surface area contributed by atoms with Gasteiger partial charge in [-0.05, 0) is 56.2 Å². The maximum Gasteiger partial charge on any atom is 0.322 e. The molecule has 4 rings (SSSR count). The van der Waals surface area contributed by atoms with E-state index in [1.807, 2.05) is 61.5 Å². The van der Waals surface area contributed by atoms with Gasteiger partial charge in [0, 0.05) is 28.2 Å². The number of aromatic amines is 1. The van der Waals surface area contributed by atoms with Crippen molar-refractivity contribution in [3.8, 4) is 5.75 Å². The lowest BCUT2D eigenvalue weighted by atomic mass is 10.1. The monoisotopic (exact) mass is 377 g/mol. The van der Waals surface area contributed by atoms with Crippen LogP contribution in [-0.2, 0) is 6.54 Å². The molecule has 0 radical (unpaired) electrons. The SMILES string of the molecule is CCOc1ccc2[nH]c(=O)c(CN(C(=O)Nc3ccccc3)C3CC3)cc2c1. The van der Waals surface area contributed by atoms with E-state index in [-0.39, 0.29) is 24.2 Å². The van der Waals surface area contributed by atoms with Crippen LogP contribution in [0.15, 0.2) is 59.4 Å². The number of ether oxygens (including phenoxy) is 1. The van der Waals surface area contributed by atoms with Crippen LogP contribution in [0.3, 0.4) is 0 Å². The third kappa shape index (κ3) is 4.01. The van der Waals surface area contributed by atoms with Gasteiger partial charge in [-0.25, -0.2) is 4.79 Å². The molecular formula is C22H23N3O3. The van der Waals surface area contributed by atoms with Gasteiger partial charge in [0.05, 0.1) is 13.2 Å². The summed E-state index contributed by atoms with van der Waals surface area (Å²) in [6, 6.07) is 16.8. The molecule has 1 saturated carbocycles. The lowest BCUT2D eigenvalue weighted by Gasteiger charge is -2.23. The van der Waals surface area contributed by atoms with Gasteiger partial charge in [-0.3, -0.25) is 4.79 Å². The number of carbonyl (C=O) groups is 1. The molecule has 2 N–H and O–H groups in total. The van der Waals surface area contributed by atoms with E-state index in [9.17, 15) is 9.59 Å². The molecule has 1 heterocycles. The number of nitrogens with zero attached hydrogens (tertiary/aromatic N) is 1. The predicted octanol–water partition coefficient (Wildman–Crippen LogP) is 4.12. The number of urea groups is 1. The maximum absolute atomic E-state index is 12.8. The Bertz CT molecular complexity index is 1040. The molecule has 6 nitrogen and oxygen atoms in total. The van der Waals surface area contributed by atoms with Crippen molar-refractivity contribution >= 4 is 22.6 Å². The Labute approximate surface area is 163 Å². The summed E-state index contributed by atoms with van der Waals surface area (Å²) in [5, 5.41) is 3.81. The second-order valence-corrected chi connectivity index (χ2v) is 6.96. The number of benzene rings is 2. The molecule has 0 atom stereocenters. The molecule has 1 aliphatic carbocycles. The number of H-pyrrole nitrogens is 1. The molecule has 0 spiro atoms. The first-order chi connectivity index (χ1) is 13.6. The Morgan fingerprint density at radius 2 is 1.96 bits per heavy atom. The van der Waals surface area contributed by atoms with Crippen molar-refractivity contribution in [2.24, 2.45) is 0 Å². The summed E-state index contributed by atoms with van der Waals surface area (Å²) in [5.74, 6) is 0.758. The summed E-state index contributed by atoms with van der Waals surface area (Å²) < 4.78 is 5.55. The topological polar surface area (TPSA) is 74.4 Å².